The molecule has 0 aliphatic carbocycles. The van der Waals surface area contributed by atoms with Crippen LogP contribution in [-0.2, 0) is 0 Å². The summed E-state index contributed by atoms with van der Waals surface area (Å²) in [6.07, 6.45) is 0. The highest BCUT2D eigenvalue weighted by Gasteiger charge is 2.73. The molecule has 1 rings (SSSR count). The van der Waals surface area contributed by atoms with E-state index in [1.165, 1.54) is 0 Å². The van der Waals surface area contributed by atoms with E-state index < -0.39 is 50.7 Å². The van der Waals surface area contributed by atoms with Gasteiger partial charge in [-0.2, -0.15) is 0 Å². The molecule has 0 unspecified atom stereocenters. The van der Waals surface area contributed by atoms with Gasteiger partial charge in [-0.1, -0.05) is 134 Å². The molecule has 0 fully saturated rings. The largest absolute Gasteiger partial charge is 0.0746 e. The Hall–Kier alpha value is 0.738. The lowest BCUT2D eigenvalue weighted by Crippen LogP contribution is -2.99. The lowest BCUT2D eigenvalue weighted by atomic mass is 10.4. The van der Waals surface area contributed by atoms with Gasteiger partial charge in [-0.05, 0) is 0 Å². The highest BCUT2D eigenvalue weighted by atomic mass is 30.2. The Balaban J connectivity index is 4.31. The zero-order valence-electron chi connectivity index (χ0n) is 21.9. The molecule has 0 aliphatic rings. The van der Waals surface area contributed by atoms with E-state index in [1.54, 1.807) is 0 Å². The first kappa shape index (κ1) is 26.8. The van der Waals surface area contributed by atoms with Gasteiger partial charge in [0.2, 0.25) is 0 Å². The van der Waals surface area contributed by atoms with Gasteiger partial charge in [0.15, 0.2) is 0 Å². The molecule has 0 amide bonds. The molecule has 0 saturated heterocycles. The molecule has 1 aromatic carbocycles. The van der Waals surface area contributed by atoms with Gasteiger partial charge in [0, 0.05) is 43.6 Å². The third-order valence-corrected chi connectivity index (χ3v) is 167. The van der Waals surface area contributed by atoms with Gasteiger partial charge < -0.3 is 0 Å². The molecule has 0 nitrogen and oxygen atoms in total. The summed E-state index contributed by atoms with van der Waals surface area (Å²) < 4.78 is 0. The topological polar surface area (TPSA) is 0 Å². The maximum atomic E-state index is 2.98. The maximum Gasteiger partial charge on any atom is 0.0620 e. The molecule has 0 aromatic heterocycles. The minimum atomic E-state index is -1.65. The van der Waals surface area contributed by atoms with Crippen LogP contribution in [0.4, 0.5) is 0 Å². The van der Waals surface area contributed by atoms with Gasteiger partial charge in [0.05, 0.1) is 7.11 Å². The summed E-state index contributed by atoms with van der Waals surface area (Å²) in [6.45, 7) is 39.3. The lowest BCUT2D eigenvalue weighted by Gasteiger charge is -2.68. The molecule has 0 atom stereocenters. The minimum Gasteiger partial charge on any atom is -0.0746 e. The molecular weight excluding hydrogens is 449 g/mol. The normalized spacial score (nSPS) is 15.7. The van der Waals surface area contributed by atoms with Crippen LogP contribution in [0.3, 0.4) is 0 Å². The van der Waals surface area contributed by atoms with Gasteiger partial charge in [0.25, 0.3) is 0 Å². The first-order chi connectivity index (χ1) is 12.1. The van der Waals surface area contributed by atoms with E-state index in [0.29, 0.717) is 0 Å². The third-order valence-electron chi connectivity index (χ3n) is 9.35. The van der Waals surface area contributed by atoms with E-state index in [0.717, 1.165) is 0 Å². The zero-order chi connectivity index (χ0) is 22.6. The Morgan fingerprint density at radius 3 is 0.857 bits per heavy atom. The molecule has 0 aliphatic heterocycles. The van der Waals surface area contributed by atoms with Gasteiger partial charge in [-0.15, -0.1) is 0 Å². The monoisotopic (exact) mass is 498 g/mol. The van der Waals surface area contributed by atoms with E-state index in [4.69, 9.17) is 0 Å². The lowest BCUT2D eigenvalue weighted by molar-refractivity contribution is 1.70. The second-order valence-electron chi connectivity index (χ2n) is 13.7. The van der Waals surface area contributed by atoms with Crippen LogP contribution in [0.25, 0.3) is 0 Å². The molecule has 7 heteroatoms. The van der Waals surface area contributed by atoms with Crippen molar-refractivity contribution in [2.45, 2.75) is 98.2 Å². The quantitative estimate of drug-likeness (QED) is 0.356. The molecule has 0 spiro atoms. The summed E-state index contributed by atoms with van der Waals surface area (Å²) in [5.74, 6) is 0. The van der Waals surface area contributed by atoms with Crippen molar-refractivity contribution in [3.63, 3.8) is 0 Å². The summed E-state index contributed by atoms with van der Waals surface area (Å²) in [5.41, 5.74) is 0. The summed E-state index contributed by atoms with van der Waals surface area (Å²) >= 11 is 0. The average Bonchev–Trinajstić information content (AvgIpc) is 2.48. The Morgan fingerprint density at radius 2 is 0.643 bits per heavy atom. The van der Waals surface area contributed by atoms with E-state index in [9.17, 15) is 0 Å². The predicted octanol–water partition coefficient (Wildman–Crippen LogP) is 6.95. The standard InChI is InChI=1S/C21H50Si7/c1-22(2,3)27(14,23(4,5)6)26(13,21-19-17-16-18-20-21)28(15,24(7,8)9)25(10,11)12/h16-20H,1-15H3. The fourth-order valence-corrected chi connectivity index (χ4v) is 249. The molecule has 0 heterocycles. The van der Waals surface area contributed by atoms with Crippen molar-refractivity contribution in [2.75, 3.05) is 0 Å². The van der Waals surface area contributed by atoms with Crippen LogP contribution in [-0.4, -0.2) is 50.7 Å². The van der Waals surface area contributed by atoms with E-state index in [1.807, 2.05) is 5.19 Å². The van der Waals surface area contributed by atoms with Crippen molar-refractivity contribution < 1.29 is 0 Å². The Kier molecular flexibility index (Phi) is 7.37. The van der Waals surface area contributed by atoms with Crippen molar-refractivity contribution in [1.29, 1.82) is 0 Å². The molecule has 28 heavy (non-hydrogen) atoms. The van der Waals surface area contributed by atoms with Crippen molar-refractivity contribution in [2.24, 2.45) is 0 Å². The number of benzene rings is 1. The fourth-order valence-electron chi connectivity index (χ4n) is 7.10. The Bertz CT molecular complexity index is 604. The van der Waals surface area contributed by atoms with Crippen LogP contribution in [0, 0.1) is 0 Å². The first-order valence-electron chi connectivity index (χ1n) is 11.2. The van der Waals surface area contributed by atoms with Crippen LogP contribution in [0.1, 0.15) is 0 Å². The maximum absolute atomic E-state index is 2.98. The molecule has 0 N–H and O–H groups in total. The second kappa shape index (κ2) is 7.70. The Labute approximate surface area is 183 Å². The third kappa shape index (κ3) is 3.75. The zero-order valence-corrected chi connectivity index (χ0v) is 28.9. The van der Waals surface area contributed by atoms with Gasteiger partial charge in [-0.3, -0.25) is 0 Å². The van der Waals surface area contributed by atoms with Crippen molar-refractivity contribution >= 4 is 55.9 Å². The highest BCUT2D eigenvalue weighted by molar-refractivity contribution is 8.11. The number of hydrogen-bond donors (Lipinski definition) is 0. The van der Waals surface area contributed by atoms with Crippen molar-refractivity contribution in [1.82, 2.24) is 0 Å². The molecule has 0 bridgehead atoms. The van der Waals surface area contributed by atoms with Gasteiger partial charge >= 0.3 is 0 Å². The van der Waals surface area contributed by atoms with Gasteiger partial charge in [-0.25, -0.2) is 0 Å². The molecule has 1 aromatic rings. The van der Waals surface area contributed by atoms with Crippen molar-refractivity contribution in [3.8, 4) is 0 Å². The van der Waals surface area contributed by atoms with Gasteiger partial charge in [0.1, 0.15) is 0 Å². The minimum absolute atomic E-state index is 1.29. The SMILES string of the molecule is C[Si](C)(C)[Si](C)([Si](C)(C)C)[Si](C)(c1ccccc1)[Si](C)([Si](C)(C)C)[Si](C)(C)C. The average molecular weight is 499 g/mol. The van der Waals surface area contributed by atoms with Crippen LogP contribution >= 0.6 is 0 Å². The summed E-state index contributed by atoms with van der Waals surface area (Å²) in [5, 5.41) is 1.87. The first-order valence-corrected chi connectivity index (χ1v) is 38.7. The smallest absolute Gasteiger partial charge is 0.0620 e. The summed E-state index contributed by atoms with van der Waals surface area (Å²) in [4.78, 5) is 0. The molecular formula is C21H50Si7. The molecule has 0 saturated carbocycles. The fraction of sp³-hybridized carbons (Fsp3) is 0.714. The highest BCUT2D eigenvalue weighted by Crippen LogP contribution is 2.46. The van der Waals surface area contributed by atoms with E-state index >= 15 is 0 Å². The number of rotatable bonds is 7. The van der Waals surface area contributed by atoms with Crippen LogP contribution in [0.2, 0.25) is 98.2 Å². The van der Waals surface area contributed by atoms with Crippen molar-refractivity contribution in [3.05, 3.63) is 30.3 Å². The van der Waals surface area contributed by atoms with E-state index in [2.05, 4.69) is 129 Å². The van der Waals surface area contributed by atoms with Crippen LogP contribution < -0.4 is 5.19 Å². The number of hydrogen-bond acceptors (Lipinski definition) is 0. The molecule has 162 valence electrons. The summed E-state index contributed by atoms with van der Waals surface area (Å²) in [6, 6.07) is 12.2. The van der Waals surface area contributed by atoms with Crippen LogP contribution in [0.5, 0.6) is 0 Å². The molecule has 0 radical (unpaired) electrons. The summed E-state index contributed by atoms with van der Waals surface area (Å²) in [7, 11) is -6.81. The van der Waals surface area contributed by atoms with Crippen LogP contribution in [0.15, 0.2) is 30.3 Å². The second-order valence-corrected chi connectivity index (χ2v) is 91.6. The van der Waals surface area contributed by atoms with E-state index in [-0.39, 0.29) is 0 Å². The predicted molar refractivity (Wildman–Crippen MR) is 154 cm³/mol. The Morgan fingerprint density at radius 1 is 0.393 bits per heavy atom.